The third-order valence-electron chi connectivity index (χ3n) is 23.6. The van der Waals surface area contributed by atoms with Crippen LogP contribution in [0.25, 0.3) is 0 Å². The van der Waals surface area contributed by atoms with Crippen LogP contribution in [0.3, 0.4) is 0 Å². The van der Waals surface area contributed by atoms with Gasteiger partial charge in [-0.2, -0.15) is 0 Å². The summed E-state index contributed by atoms with van der Waals surface area (Å²) in [5, 5.41) is 102. The van der Waals surface area contributed by atoms with Gasteiger partial charge >= 0.3 is 31.7 Å². The van der Waals surface area contributed by atoms with E-state index in [2.05, 4.69) is 58.9 Å². The van der Waals surface area contributed by atoms with E-state index in [1.165, 1.54) is 167 Å². The van der Waals surface area contributed by atoms with Gasteiger partial charge in [0.2, 0.25) is 0 Å². The number of aliphatic hydroxyl groups excluding tert-OH is 9. The summed E-state index contributed by atoms with van der Waals surface area (Å²) < 4.78 is 73.5. The minimum Gasteiger partial charge on any atom is -0.463 e. The number of phosphoric ester groups is 1. The zero-order valence-electron chi connectivity index (χ0n) is 74.6. The lowest BCUT2D eigenvalue weighted by molar-refractivity contribution is -0.360. The van der Waals surface area contributed by atoms with Crippen LogP contribution >= 0.6 is 7.82 Å². The van der Waals surface area contributed by atoms with Crippen LogP contribution in [0.1, 0.15) is 407 Å². The molecule has 119 heavy (non-hydrogen) atoms. The van der Waals surface area contributed by atoms with Gasteiger partial charge in [-0.25, -0.2) is 4.57 Å². The largest absolute Gasteiger partial charge is 0.472 e. The van der Waals surface area contributed by atoms with E-state index in [1.807, 2.05) is 0 Å². The van der Waals surface area contributed by atoms with Crippen LogP contribution < -0.4 is 0 Å². The molecule has 698 valence electrons. The Morgan fingerprint density at radius 1 is 0.353 bits per heavy atom. The maximum absolute atomic E-state index is 14.9. The van der Waals surface area contributed by atoms with Crippen molar-refractivity contribution in [3.05, 3.63) is 24.3 Å². The monoisotopic (exact) mass is 1720 g/mol. The SMILES string of the molecule is CCCCCC/C=C\CCCCCCCCCC(=O)OC(COC(=O)CCCCC/C=C\CCCCCCCC)COP(=O)(O)OC1C(OC2OC(CO)C(O)C(O)C2O)C(O)C(O)C(OC(=O)CCCCCCCCC(C)CCCCCCCC)C1OC1OC(COC(=O)CCCCCCCCCCCCCCCCCC)C(O)C(O)C1O. The number of phosphoric acid groups is 1. The van der Waals surface area contributed by atoms with Crippen molar-refractivity contribution >= 4 is 31.7 Å². The Morgan fingerprint density at radius 3 is 1.10 bits per heavy atom. The number of hydrogen-bond donors (Lipinski definition) is 10. The maximum atomic E-state index is 14.9. The molecule has 0 aromatic rings. The van der Waals surface area contributed by atoms with E-state index in [1.54, 1.807) is 0 Å². The molecule has 19 atom stereocenters. The molecule has 0 radical (unpaired) electrons. The lowest BCUT2D eigenvalue weighted by Gasteiger charge is -2.50. The van der Waals surface area contributed by atoms with Crippen molar-refractivity contribution in [2.45, 2.75) is 511 Å². The van der Waals surface area contributed by atoms with Crippen molar-refractivity contribution < 1.29 is 122 Å². The molecule has 26 heteroatoms. The second-order valence-electron chi connectivity index (χ2n) is 34.5. The van der Waals surface area contributed by atoms with Crippen LogP contribution in [0.15, 0.2) is 24.3 Å². The van der Waals surface area contributed by atoms with E-state index in [0.29, 0.717) is 44.4 Å². The quantitative estimate of drug-likeness (QED) is 0.00889. The molecular weight excluding hydrogens is 1550 g/mol. The van der Waals surface area contributed by atoms with Gasteiger partial charge in [0.1, 0.15) is 92.6 Å². The van der Waals surface area contributed by atoms with Crippen LogP contribution in [0.2, 0.25) is 0 Å². The van der Waals surface area contributed by atoms with Crippen LogP contribution in [0.5, 0.6) is 0 Å². The Labute approximate surface area is 717 Å². The van der Waals surface area contributed by atoms with Crippen molar-refractivity contribution in [3.8, 4) is 0 Å². The topological polar surface area (TPSA) is 380 Å². The number of rotatable bonds is 77. The summed E-state index contributed by atoms with van der Waals surface area (Å²) in [6, 6.07) is 0. The van der Waals surface area contributed by atoms with Crippen LogP contribution in [0.4, 0.5) is 0 Å². The van der Waals surface area contributed by atoms with E-state index < -0.39 is 162 Å². The average Bonchev–Trinajstić information content (AvgIpc) is 0.755. The zero-order chi connectivity index (χ0) is 86.9. The number of aliphatic hydroxyl groups is 9. The van der Waals surface area contributed by atoms with Crippen LogP contribution in [-0.4, -0.2) is 205 Å². The fourth-order valence-corrected chi connectivity index (χ4v) is 16.8. The molecule has 0 spiro atoms. The number of allylic oxidation sites excluding steroid dienone is 4. The Hall–Kier alpha value is -3.05. The first-order chi connectivity index (χ1) is 57.6. The fourth-order valence-electron chi connectivity index (χ4n) is 15.8. The highest BCUT2D eigenvalue weighted by atomic mass is 31.2. The lowest BCUT2D eigenvalue weighted by Crippen LogP contribution is -2.70. The summed E-state index contributed by atoms with van der Waals surface area (Å²) in [5.74, 6) is -2.36. The molecule has 0 amide bonds. The van der Waals surface area contributed by atoms with Gasteiger partial charge in [-0.15, -0.1) is 0 Å². The second-order valence-corrected chi connectivity index (χ2v) is 35.9. The Bertz CT molecular complexity index is 2580. The summed E-state index contributed by atoms with van der Waals surface area (Å²) in [6.45, 7) is 7.87. The molecule has 10 N–H and O–H groups in total. The average molecular weight is 1720 g/mol. The highest BCUT2D eigenvalue weighted by Crippen LogP contribution is 2.49. The molecule has 0 aromatic carbocycles. The fraction of sp³-hybridized carbons (Fsp3) is 0.914. The van der Waals surface area contributed by atoms with Gasteiger partial charge in [0.15, 0.2) is 24.8 Å². The number of hydrogen-bond acceptors (Lipinski definition) is 24. The molecule has 1 saturated carbocycles. The van der Waals surface area contributed by atoms with E-state index >= 15 is 0 Å². The van der Waals surface area contributed by atoms with Crippen LogP contribution in [0, 0.1) is 5.92 Å². The first kappa shape index (κ1) is 110. The molecular formula is C93H171O25P. The smallest absolute Gasteiger partial charge is 0.463 e. The molecule has 19 unspecified atom stereocenters. The number of unbranched alkanes of at least 4 members (excludes halogenated alkanes) is 45. The van der Waals surface area contributed by atoms with E-state index in [-0.39, 0.29) is 25.7 Å². The van der Waals surface area contributed by atoms with Gasteiger partial charge in [0, 0.05) is 25.7 Å². The van der Waals surface area contributed by atoms with Gasteiger partial charge in [-0.3, -0.25) is 28.2 Å². The van der Waals surface area contributed by atoms with Gasteiger partial charge in [-0.05, 0) is 83.0 Å². The van der Waals surface area contributed by atoms with Crippen molar-refractivity contribution in [1.29, 1.82) is 0 Å². The normalized spacial score (nSPS) is 25.2. The molecule has 3 fully saturated rings. The molecule has 25 nitrogen and oxygen atoms in total. The van der Waals surface area contributed by atoms with Gasteiger partial charge in [-0.1, -0.05) is 329 Å². The summed E-state index contributed by atoms with van der Waals surface area (Å²) in [6.07, 6.45) is 30.3. The first-order valence-corrected chi connectivity index (χ1v) is 49.5. The second kappa shape index (κ2) is 71.0. The molecule has 3 aliphatic rings. The summed E-state index contributed by atoms with van der Waals surface area (Å²) >= 11 is 0. The molecule has 2 aliphatic heterocycles. The number of esters is 4. The van der Waals surface area contributed by atoms with Gasteiger partial charge < -0.3 is 88.7 Å². The van der Waals surface area contributed by atoms with Crippen LogP contribution in [-0.2, 0) is 70.7 Å². The van der Waals surface area contributed by atoms with Crippen molar-refractivity contribution in [2.24, 2.45) is 5.92 Å². The highest BCUT2D eigenvalue weighted by Gasteiger charge is 2.60. The third kappa shape index (κ3) is 51.4. The number of carbonyl (C=O) groups excluding carboxylic acids is 4. The summed E-state index contributed by atoms with van der Waals surface area (Å²) in [4.78, 5) is 66.5. The number of carbonyl (C=O) groups is 4. The maximum Gasteiger partial charge on any atom is 0.472 e. The van der Waals surface area contributed by atoms with Gasteiger partial charge in [0.25, 0.3) is 0 Å². The molecule has 2 saturated heterocycles. The Kier molecular flexibility index (Phi) is 65.7. The van der Waals surface area contributed by atoms with E-state index in [0.717, 1.165) is 141 Å². The summed E-state index contributed by atoms with van der Waals surface area (Å²) in [5.41, 5.74) is 0. The van der Waals surface area contributed by atoms with Crippen molar-refractivity contribution in [1.82, 2.24) is 0 Å². The summed E-state index contributed by atoms with van der Waals surface area (Å²) in [7, 11) is -5.81. The van der Waals surface area contributed by atoms with Crippen molar-refractivity contribution in [2.75, 3.05) is 26.4 Å². The molecule has 0 aromatic heterocycles. The van der Waals surface area contributed by atoms with Crippen molar-refractivity contribution in [3.63, 3.8) is 0 Å². The first-order valence-electron chi connectivity index (χ1n) is 48.0. The van der Waals surface area contributed by atoms with Gasteiger partial charge in [0.05, 0.1) is 13.2 Å². The predicted octanol–water partition coefficient (Wildman–Crippen LogP) is 18.0. The standard InChI is InChI=1S/C93H171O25P/c1-6-10-14-18-22-25-28-31-33-35-37-40-43-46-53-59-65-77(96)110-71-75-81(100)83(102)87(106)93(114-75)117-90-88(115-79(98)67-61-55-49-48-51-57-63-72(5)62-56-50-21-17-13-9-4)84(103)85(104)89(116-92-86(105)82(101)80(99)74(68-94)113-92)91(90)118-119(107,108)111-70-73(69-109-76(95)64-58-52-45-42-39-36-30-27-24-20-16-12-8-3)112-78(97)66-60-54-47-44-41-38-34-32-29-26-23-19-15-11-7-2/h26,29,36,39,72-75,80-94,99-106H,6-25,27-28,30-35,37-38,40-71H2,1-5H3,(H,107,108)/b29-26-,39-36-. The molecule has 0 bridgehead atoms. The zero-order valence-corrected chi connectivity index (χ0v) is 75.5. The molecule has 2 heterocycles. The minimum absolute atomic E-state index is 0.0130. The van der Waals surface area contributed by atoms with E-state index in [4.69, 9.17) is 46.9 Å². The highest BCUT2D eigenvalue weighted by molar-refractivity contribution is 7.47. The van der Waals surface area contributed by atoms with E-state index in [9.17, 15) is 74.6 Å². The lowest BCUT2D eigenvalue weighted by atomic mass is 9.84. The molecule has 1 aliphatic carbocycles. The molecule has 3 rings (SSSR count). The minimum atomic E-state index is -5.81. The Balaban J connectivity index is 1.92. The predicted molar refractivity (Wildman–Crippen MR) is 462 cm³/mol. The number of ether oxygens (including phenoxy) is 8. The third-order valence-corrected chi connectivity index (χ3v) is 24.6. The Morgan fingerprint density at radius 2 is 0.681 bits per heavy atom.